The van der Waals surface area contributed by atoms with Crippen LogP contribution in [0.15, 0.2) is 24.4 Å². The van der Waals surface area contributed by atoms with Crippen LogP contribution in [-0.2, 0) is 6.54 Å². The van der Waals surface area contributed by atoms with Crippen molar-refractivity contribution in [3.05, 3.63) is 35.9 Å². The maximum absolute atomic E-state index is 9.89. The first-order chi connectivity index (χ1) is 13.6. The van der Waals surface area contributed by atoms with Crippen molar-refractivity contribution in [2.24, 2.45) is 11.8 Å². The minimum absolute atomic E-state index is 0.290. The van der Waals surface area contributed by atoms with Gasteiger partial charge in [-0.2, -0.15) is 0 Å². The first-order valence-electron chi connectivity index (χ1n) is 10.8. The Morgan fingerprint density at radius 1 is 1.07 bits per heavy atom. The summed E-state index contributed by atoms with van der Waals surface area (Å²) in [5.74, 6) is 2.05. The van der Waals surface area contributed by atoms with Gasteiger partial charge in [0.1, 0.15) is 5.82 Å². The molecule has 2 aliphatic rings. The molecule has 4 rings (SSSR count). The van der Waals surface area contributed by atoms with Crippen molar-refractivity contribution in [1.29, 1.82) is 0 Å². The van der Waals surface area contributed by atoms with Gasteiger partial charge >= 0.3 is 0 Å². The number of pyridine rings is 1. The summed E-state index contributed by atoms with van der Waals surface area (Å²) in [6, 6.07) is 6.31. The Morgan fingerprint density at radius 2 is 1.93 bits per heavy atom. The fourth-order valence-corrected chi connectivity index (χ4v) is 5.06. The summed E-state index contributed by atoms with van der Waals surface area (Å²) in [6.07, 6.45) is 4.49. The molecule has 0 amide bonds. The van der Waals surface area contributed by atoms with E-state index in [-0.39, 0.29) is 0 Å². The van der Waals surface area contributed by atoms with E-state index >= 15 is 0 Å². The van der Waals surface area contributed by atoms with Gasteiger partial charge in [-0.05, 0) is 63.9 Å². The number of hydrogen-bond donors (Lipinski definition) is 1. The Labute approximate surface area is 168 Å². The first kappa shape index (κ1) is 19.8. The van der Waals surface area contributed by atoms with Gasteiger partial charge in [0, 0.05) is 52.1 Å². The molecule has 6 nitrogen and oxygen atoms in total. The number of rotatable bonds is 5. The first-order valence-corrected chi connectivity index (χ1v) is 10.8. The smallest absolute Gasteiger partial charge is 0.110 e. The Balaban J connectivity index is 1.43. The van der Waals surface area contributed by atoms with Gasteiger partial charge in [0.2, 0.25) is 0 Å². The van der Waals surface area contributed by atoms with Crippen LogP contribution >= 0.6 is 0 Å². The number of aliphatic hydroxyl groups is 1. The van der Waals surface area contributed by atoms with Gasteiger partial charge in [0.05, 0.1) is 11.2 Å². The maximum atomic E-state index is 9.89. The molecule has 2 atom stereocenters. The van der Waals surface area contributed by atoms with E-state index < -0.39 is 0 Å². The fraction of sp³-hybridized carbons (Fsp3) is 0.682. The van der Waals surface area contributed by atoms with Crippen LogP contribution in [-0.4, -0.2) is 88.7 Å². The van der Waals surface area contributed by atoms with Crippen molar-refractivity contribution >= 4 is 5.52 Å². The number of piperidine rings is 1. The van der Waals surface area contributed by atoms with E-state index in [2.05, 4.69) is 57.5 Å². The summed E-state index contributed by atoms with van der Waals surface area (Å²) in [7, 11) is 2.23. The lowest BCUT2D eigenvalue weighted by molar-refractivity contribution is 0.0623. The number of aromatic nitrogens is 2. The number of aliphatic hydroxyl groups excluding tert-OH is 1. The highest BCUT2D eigenvalue weighted by Crippen LogP contribution is 2.25. The lowest BCUT2D eigenvalue weighted by atomic mass is 9.89. The SMILES string of the molecule is Cc1nc(CN2C[C@@H](CN3CCCN(C)CC3)C[C@H](CO)C2)c2ccccn12. The summed E-state index contributed by atoms with van der Waals surface area (Å²) in [4.78, 5) is 12.4. The molecule has 2 aromatic rings. The number of likely N-dealkylation sites (tertiary alicyclic amines) is 1. The van der Waals surface area contributed by atoms with E-state index in [0.29, 0.717) is 18.4 Å². The van der Waals surface area contributed by atoms with E-state index in [0.717, 1.165) is 44.1 Å². The van der Waals surface area contributed by atoms with E-state index in [1.165, 1.54) is 38.1 Å². The van der Waals surface area contributed by atoms with Crippen LogP contribution in [0.2, 0.25) is 0 Å². The van der Waals surface area contributed by atoms with Crippen LogP contribution < -0.4 is 0 Å². The second-order valence-corrected chi connectivity index (χ2v) is 8.86. The molecule has 2 saturated heterocycles. The fourth-order valence-electron chi connectivity index (χ4n) is 5.06. The number of imidazole rings is 1. The van der Waals surface area contributed by atoms with Crippen molar-refractivity contribution < 1.29 is 5.11 Å². The number of likely N-dealkylation sites (N-methyl/N-ethyl adjacent to an activating group) is 1. The molecule has 0 spiro atoms. The normalized spacial score (nSPS) is 26.0. The topological polar surface area (TPSA) is 47.2 Å². The largest absolute Gasteiger partial charge is 0.396 e. The molecule has 0 radical (unpaired) electrons. The predicted octanol–water partition coefficient (Wildman–Crippen LogP) is 1.71. The van der Waals surface area contributed by atoms with Gasteiger partial charge in [-0.3, -0.25) is 4.90 Å². The Kier molecular flexibility index (Phi) is 6.31. The lowest BCUT2D eigenvalue weighted by Crippen LogP contribution is -2.45. The van der Waals surface area contributed by atoms with Crippen LogP contribution in [0.3, 0.4) is 0 Å². The zero-order chi connectivity index (χ0) is 19.5. The van der Waals surface area contributed by atoms with Gasteiger partial charge in [0.25, 0.3) is 0 Å². The second-order valence-electron chi connectivity index (χ2n) is 8.86. The minimum atomic E-state index is 0.290. The summed E-state index contributed by atoms with van der Waals surface area (Å²) < 4.78 is 2.17. The van der Waals surface area contributed by atoms with Crippen molar-refractivity contribution in [2.45, 2.75) is 26.3 Å². The zero-order valence-corrected chi connectivity index (χ0v) is 17.4. The molecule has 0 saturated carbocycles. The van der Waals surface area contributed by atoms with Crippen LogP contribution in [0.5, 0.6) is 0 Å². The molecule has 2 aliphatic heterocycles. The minimum Gasteiger partial charge on any atom is -0.396 e. The van der Waals surface area contributed by atoms with Crippen LogP contribution in [0.25, 0.3) is 5.52 Å². The van der Waals surface area contributed by atoms with Gasteiger partial charge in [-0.1, -0.05) is 6.07 Å². The summed E-state index contributed by atoms with van der Waals surface area (Å²) >= 11 is 0. The molecule has 2 aromatic heterocycles. The van der Waals surface area contributed by atoms with E-state index in [4.69, 9.17) is 4.98 Å². The lowest BCUT2D eigenvalue weighted by Gasteiger charge is -2.39. The molecule has 0 unspecified atom stereocenters. The summed E-state index contributed by atoms with van der Waals surface area (Å²) in [5, 5.41) is 9.89. The molecule has 0 bridgehead atoms. The van der Waals surface area contributed by atoms with E-state index in [1.54, 1.807) is 0 Å². The molecule has 4 heterocycles. The molecule has 2 fully saturated rings. The molecule has 1 N–H and O–H groups in total. The third kappa shape index (κ3) is 4.57. The van der Waals surface area contributed by atoms with Crippen molar-refractivity contribution in [3.8, 4) is 0 Å². The molecule has 0 aliphatic carbocycles. The van der Waals surface area contributed by atoms with E-state index in [9.17, 15) is 5.11 Å². The Bertz CT molecular complexity index is 775. The molecule has 28 heavy (non-hydrogen) atoms. The van der Waals surface area contributed by atoms with Crippen LogP contribution in [0, 0.1) is 18.8 Å². The molecule has 6 heteroatoms. The van der Waals surface area contributed by atoms with Gasteiger partial charge in [-0.15, -0.1) is 0 Å². The van der Waals surface area contributed by atoms with Gasteiger partial charge in [-0.25, -0.2) is 4.98 Å². The van der Waals surface area contributed by atoms with E-state index in [1.807, 2.05) is 0 Å². The predicted molar refractivity (Wildman–Crippen MR) is 112 cm³/mol. The number of nitrogens with zero attached hydrogens (tertiary/aromatic N) is 5. The maximum Gasteiger partial charge on any atom is 0.110 e. The molecular formula is C22H35N5O. The van der Waals surface area contributed by atoms with Crippen molar-refractivity contribution in [3.63, 3.8) is 0 Å². The third-order valence-corrected chi connectivity index (χ3v) is 6.46. The third-order valence-electron chi connectivity index (χ3n) is 6.46. The molecule has 0 aromatic carbocycles. The zero-order valence-electron chi connectivity index (χ0n) is 17.4. The van der Waals surface area contributed by atoms with Crippen LogP contribution in [0.4, 0.5) is 0 Å². The standard InChI is InChI=1S/C22H35N5O/c1-18-23-21(22-6-3-4-9-27(18)22)16-26-14-19(12-20(15-26)17-28)13-25-8-5-7-24(2)10-11-25/h3-4,6,9,19-20,28H,5,7-8,10-17H2,1-2H3/t19-,20+/m1/s1. The highest BCUT2D eigenvalue weighted by Gasteiger charge is 2.29. The number of aryl methyl sites for hydroxylation is 1. The Morgan fingerprint density at radius 3 is 2.79 bits per heavy atom. The second kappa shape index (κ2) is 8.91. The quantitative estimate of drug-likeness (QED) is 0.849. The highest BCUT2D eigenvalue weighted by molar-refractivity contribution is 5.53. The average molecular weight is 386 g/mol. The number of hydrogen-bond acceptors (Lipinski definition) is 5. The summed E-state index contributed by atoms with van der Waals surface area (Å²) in [5.41, 5.74) is 2.37. The molecule has 154 valence electrons. The average Bonchev–Trinajstić information content (AvgIpc) is 2.86. The van der Waals surface area contributed by atoms with Crippen molar-refractivity contribution in [1.82, 2.24) is 24.1 Å². The van der Waals surface area contributed by atoms with Crippen LogP contribution in [0.1, 0.15) is 24.4 Å². The summed E-state index contributed by atoms with van der Waals surface area (Å²) in [6.45, 7) is 11.2. The molecular weight excluding hydrogens is 350 g/mol. The van der Waals surface area contributed by atoms with Gasteiger partial charge in [0.15, 0.2) is 0 Å². The number of fused-ring (bicyclic) bond motifs is 1. The monoisotopic (exact) mass is 385 g/mol. The van der Waals surface area contributed by atoms with Crippen molar-refractivity contribution in [2.75, 3.05) is 59.5 Å². The Hall–Kier alpha value is -1.47. The highest BCUT2D eigenvalue weighted by atomic mass is 16.3. The van der Waals surface area contributed by atoms with Gasteiger partial charge < -0.3 is 19.3 Å².